The molecule has 1 atom stereocenters. The van der Waals surface area contributed by atoms with E-state index in [9.17, 15) is 14.7 Å². The average molecular weight is 255 g/mol. The zero-order valence-corrected chi connectivity index (χ0v) is 11.1. The molecule has 0 amide bonds. The molecule has 1 saturated heterocycles. The molecule has 5 nitrogen and oxygen atoms in total. The molecular weight excluding hydrogens is 234 g/mol. The normalized spacial score (nSPS) is 30.8. The molecule has 1 aliphatic carbocycles. The molecule has 1 heterocycles. The minimum Gasteiger partial charge on any atom is -0.468 e. The third-order valence-corrected chi connectivity index (χ3v) is 3.98. The van der Waals surface area contributed by atoms with Crippen LogP contribution in [0.1, 0.15) is 32.6 Å². The summed E-state index contributed by atoms with van der Waals surface area (Å²) in [5.41, 5.74) is -1.60. The average Bonchev–Trinajstić information content (AvgIpc) is 3.07. The minimum absolute atomic E-state index is 0.0629. The number of carbonyl (C=O) groups is 2. The topological polar surface area (TPSA) is 66.8 Å². The minimum atomic E-state index is -0.877. The first-order valence-corrected chi connectivity index (χ1v) is 6.46. The van der Waals surface area contributed by atoms with Crippen LogP contribution in [0.4, 0.5) is 0 Å². The Morgan fingerprint density at radius 2 is 2.00 bits per heavy atom. The van der Waals surface area contributed by atoms with Crippen molar-refractivity contribution >= 4 is 11.8 Å². The van der Waals surface area contributed by atoms with E-state index < -0.39 is 17.0 Å². The Morgan fingerprint density at radius 3 is 2.50 bits per heavy atom. The zero-order valence-electron chi connectivity index (χ0n) is 11.1. The molecule has 102 valence electrons. The highest BCUT2D eigenvalue weighted by molar-refractivity contribution is 6.07. The summed E-state index contributed by atoms with van der Waals surface area (Å²) >= 11 is 0. The number of hydrogen-bond acceptors (Lipinski definition) is 5. The Kier molecular flexibility index (Phi) is 3.47. The van der Waals surface area contributed by atoms with E-state index >= 15 is 0 Å². The number of esters is 1. The lowest BCUT2D eigenvalue weighted by atomic mass is 9.93. The smallest absolute Gasteiger partial charge is 0.319 e. The monoisotopic (exact) mass is 255 g/mol. The molecule has 5 heteroatoms. The molecule has 1 aliphatic heterocycles. The van der Waals surface area contributed by atoms with Crippen LogP contribution in [-0.4, -0.2) is 54.1 Å². The van der Waals surface area contributed by atoms with E-state index in [1.54, 1.807) is 6.92 Å². The molecule has 0 bridgehead atoms. The third kappa shape index (κ3) is 2.57. The fourth-order valence-corrected chi connectivity index (χ4v) is 2.73. The lowest BCUT2D eigenvalue weighted by molar-refractivity contribution is -0.152. The van der Waals surface area contributed by atoms with E-state index in [0.717, 1.165) is 19.4 Å². The van der Waals surface area contributed by atoms with Gasteiger partial charge in [-0.3, -0.25) is 14.5 Å². The number of hydrogen-bond donors (Lipinski definition) is 1. The number of β-amino-alcohol motifs (C(OH)–C–C–N with tert-alkyl or cyclic N) is 1. The summed E-state index contributed by atoms with van der Waals surface area (Å²) in [4.78, 5) is 25.7. The van der Waals surface area contributed by atoms with E-state index in [2.05, 4.69) is 0 Å². The van der Waals surface area contributed by atoms with Gasteiger partial charge in [0.25, 0.3) is 0 Å². The number of aliphatic hydroxyl groups is 1. The quantitative estimate of drug-likeness (QED) is 0.580. The van der Waals surface area contributed by atoms with Crippen molar-refractivity contribution in [2.45, 2.75) is 38.2 Å². The van der Waals surface area contributed by atoms with Crippen molar-refractivity contribution in [2.24, 2.45) is 5.41 Å². The van der Waals surface area contributed by atoms with Gasteiger partial charge in [0, 0.05) is 6.54 Å². The lowest BCUT2D eigenvalue weighted by Gasteiger charge is -2.36. The number of methoxy groups -OCH3 is 1. The van der Waals surface area contributed by atoms with Gasteiger partial charge in [0.15, 0.2) is 5.78 Å². The van der Waals surface area contributed by atoms with Crippen molar-refractivity contribution in [1.29, 1.82) is 0 Å². The van der Waals surface area contributed by atoms with Crippen molar-refractivity contribution < 1.29 is 19.4 Å². The fourth-order valence-electron chi connectivity index (χ4n) is 2.73. The number of carbonyl (C=O) groups excluding carboxylic acids is 2. The van der Waals surface area contributed by atoms with Gasteiger partial charge in [0.1, 0.15) is 5.41 Å². The van der Waals surface area contributed by atoms with E-state index in [0.29, 0.717) is 19.4 Å². The number of ketones is 1. The first-order valence-electron chi connectivity index (χ1n) is 6.46. The van der Waals surface area contributed by atoms with Gasteiger partial charge in [0.2, 0.25) is 0 Å². The standard InChI is InChI=1S/C13H21NO4/c1-12(17)4-3-7-14(9-12)8-10(15)13(5-6-13)11(16)18-2/h17H,3-9H2,1-2H3. The van der Waals surface area contributed by atoms with Crippen molar-refractivity contribution in [3.05, 3.63) is 0 Å². The molecule has 2 fully saturated rings. The van der Waals surface area contributed by atoms with Crippen LogP contribution in [-0.2, 0) is 14.3 Å². The maximum atomic E-state index is 12.2. The van der Waals surface area contributed by atoms with Crippen molar-refractivity contribution in [3.63, 3.8) is 0 Å². The van der Waals surface area contributed by atoms with E-state index in [-0.39, 0.29) is 12.3 Å². The van der Waals surface area contributed by atoms with Crippen molar-refractivity contribution in [1.82, 2.24) is 4.90 Å². The molecule has 1 unspecified atom stereocenters. The van der Waals surface area contributed by atoms with E-state index in [4.69, 9.17) is 4.74 Å². The molecule has 0 aromatic carbocycles. The SMILES string of the molecule is COC(=O)C1(C(=O)CN2CCCC(C)(O)C2)CC1. The highest BCUT2D eigenvalue weighted by Crippen LogP contribution is 2.47. The number of rotatable bonds is 4. The summed E-state index contributed by atoms with van der Waals surface area (Å²) in [6.45, 7) is 3.33. The first-order chi connectivity index (χ1) is 8.39. The maximum absolute atomic E-state index is 12.2. The summed E-state index contributed by atoms with van der Waals surface area (Å²) in [5.74, 6) is -0.469. The predicted octanol–water partition coefficient (Wildman–Crippen LogP) is 0.355. The van der Waals surface area contributed by atoms with Gasteiger partial charge in [-0.05, 0) is 39.2 Å². The first kappa shape index (κ1) is 13.5. The molecule has 1 N–H and O–H groups in total. The largest absolute Gasteiger partial charge is 0.468 e. The summed E-state index contributed by atoms with van der Waals surface area (Å²) in [7, 11) is 1.32. The number of piperidine rings is 1. The highest BCUT2D eigenvalue weighted by Gasteiger charge is 2.57. The number of ether oxygens (including phenoxy) is 1. The van der Waals surface area contributed by atoms with E-state index in [1.807, 2.05) is 4.90 Å². The van der Waals surface area contributed by atoms with E-state index in [1.165, 1.54) is 7.11 Å². The van der Waals surface area contributed by atoms with Crippen LogP contribution in [0.5, 0.6) is 0 Å². The van der Waals surface area contributed by atoms with Gasteiger partial charge in [-0.1, -0.05) is 0 Å². The van der Waals surface area contributed by atoms with Gasteiger partial charge >= 0.3 is 5.97 Å². The van der Waals surface area contributed by atoms with Crippen LogP contribution < -0.4 is 0 Å². The van der Waals surface area contributed by atoms with Crippen LogP contribution in [0.25, 0.3) is 0 Å². The summed E-state index contributed by atoms with van der Waals surface area (Å²) in [6.07, 6.45) is 2.84. The molecule has 1 saturated carbocycles. The third-order valence-electron chi connectivity index (χ3n) is 3.98. The Morgan fingerprint density at radius 1 is 1.33 bits per heavy atom. The van der Waals surface area contributed by atoms with Crippen LogP contribution in [0.2, 0.25) is 0 Å². The predicted molar refractivity (Wildman–Crippen MR) is 65.0 cm³/mol. The molecule has 2 aliphatic rings. The van der Waals surface area contributed by atoms with Crippen LogP contribution in [0, 0.1) is 5.41 Å². The molecule has 18 heavy (non-hydrogen) atoms. The van der Waals surface area contributed by atoms with Crippen LogP contribution >= 0.6 is 0 Å². The molecule has 0 radical (unpaired) electrons. The Bertz CT molecular complexity index is 360. The van der Waals surface area contributed by atoms with Crippen molar-refractivity contribution in [2.75, 3.05) is 26.7 Å². The fraction of sp³-hybridized carbons (Fsp3) is 0.846. The highest BCUT2D eigenvalue weighted by atomic mass is 16.5. The molecular formula is C13H21NO4. The molecule has 2 rings (SSSR count). The van der Waals surface area contributed by atoms with Gasteiger partial charge < -0.3 is 9.84 Å². The van der Waals surface area contributed by atoms with Crippen molar-refractivity contribution in [3.8, 4) is 0 Å². The Labute approximate surface area is 107 Å². The lowest BCUT2D eigenvalue weighted by Crippen LogP contribution is -2.49. The Hall–Kier alpha value is -0.940. The zero-order chi connectivity index (χ0) is 13.4. The van der Waals surface area contributed by atoms with Gasteiger partial charge in [0.05, 0.1) is 19.3 Å². The summed E-state index contributed by atoms with van der Waals surface area (Å²) < 4.78 is 4.70. The second-order valence-corrected chi connectivity index (χ2v) is 5.81. The maximum Gasteiger partial charge on any atom is 0.319 e. The summed E-state index contributed by atoms with van der Waals surface area (Å²) in [6, 6.07) is 0. The second-order valence-electron chi connectivity index (χ2n) is 5.81. The van der Waals surface area contributed by atoms with Crippen LogP contribution in [0.3, 0.4) is 0 Å². The van der Waals surface area contributed by atoms with Gasteiger partial charge in [-0.15, -0.1) is 0 Å². The molecule has 0 aromatic heterocycles. The summed E-state index contributed by atoms with van der Waals surface area (Å²) in [5, 5.41) is 9.99. The van der Waals surface area contributed by atoms with Gasteiger partial charge in [-0.25, -0.2) is 0 Å². The number of likely N-dealkylation sites (tertiary alicyclic amines) is 1. The number of Topliss-reactive ketones (excluding diaryl/α,β-unsaturated/α-hetero) is 1. The molecule has 0 spiro atoms. The number of nitrogens with zero attached hydrogens (tertiary/aromatic N) is 1. The Balaban J connectivity index is 1.94. The van der Waals surface area contributed by atoms with Gasteiger partial charge in [-0.2, -0.15) is 0 Å². The second kappa shape index (κ2) is 4.63. The van der Waals surface area contributed by atoms with Crippen LogP contribution in [0.15, 0.2) is 0 Å². The molecule has 0 aromatic rings.